The Kier molecular flexibility index (Phi) is 3.89. The van der Waals surface area contributed by atoms with Gasteiger partial charge in [0, 0.05) is 28.1 Å². The Morgan fingerprint density at radius 1 is 1.25 bits per heavy atom. The van der Waals surface area contributed by atoms with Crippen LogP contribution in [0.5, 0.6) is 5.75 Å². The van der Waals surface area contributed by atoms with Gasteiger partial charge in [0.25, 0.3) is 5.56 Å². The Balaban J connectivity index is 1.66. The zero-order valence-corrected chi connectivity index (χ0v) is 17.9. The molecule has 2 aromatic heterocycles. The van der Waals surface area contributed by atoms with Gasteiger partial charge in [-0.2, -0.15) is 0 Å². The molecule has 3 N–H and O–H groups in total. The molecule has 0 amide bonds. The van der Waals surface area contributed by atoms with E-state index < -0.39 is 11.6 Å². The van der Waals surface area contributed by atoms with E-state index in [-0.39, 0.29) is 24.6 Å². The maximum absolute atomic E-state index is 13.4. The lowest BCUT2D eigenvalue weighted by Crippen LogP contribution is -2.44. The van der Waals surface area contributed by atoms with Crippen molar-refractivity contribution in [1.29, 1.82) is 0 Å². The Morgan fingerprint density at radius 3 is 2.78 bits per heavy atom. The molecule has 32 heavy (non-hydrogen) atoms. The highest BCUT2D eigenvalue weighted by atomic mass is 16.6. The first-order chi connectivity index (χ1) is 15.4. The van der Waals surface area contributed by atoms with Crippen molar-refractivity contribution in [1.82, 2.24) is 9.55 Å². The first-order valence-electron chi connectivity index (χ1n) is 10.8. The Hall–Kier alpha value is -3.23. The normalized spacial score (nSPS) is 22.9. The highest BCUT2D eigenvalue weighted by Gasteiger charge is 2.45. The van der Waals surface area contributed by atoms with Gasteiger partial charge in [0.1, 0.15) is 12.4 Å². The van der Waals surface area contributed by atoms with E-state index in [1.165, 1.54) is 0 Å². The van der Waals surface area contributed by atoms with Crippen LogP contribution in [0.3, 0.4) is 0 Å². The van der Waals surface area contributed by atoms with Crippen molar-refractivity contribution in [3.63, 3.8) is 0 Å². The summed E-state index contributed by atoms with van der Waals surface area (Å²) in [6.07, 6.45) is 1.51. The summed E-state index contributed by atoms with van der Waals surface area (Å²) in [6, 6.07) is 5.51. The van der Waals surface area contributed by atoms with E-state index in [9.17, 15) is 14.7 Å². The van der Waals surface area contributed by atoms with E-state index in [0.29, 0.717) is 41.9 Å². The van der Waals surface area contributed by atoms with Crippen molar-refractivity contribution < 1.29 is 19.4 Å². The number of pyridine rings is 2. The number of nitrogens with two attached hydrogens (primary N) is 1. The van der Waals surface area contributed by atoms with Crippen molar-refractivity contribution in [3.05, 3.63) is 56.4 Å². The van der Waals surface area contributed by atoms with Gasteiger partial charge in [-0.15, -0.1) is 0 Å². The molecule has 4 heterocycles. The lowest BCUT2D eigenvalue weighted by molar-refractivity contribution is -0.172. The predicted octanol–water partition coefficient (Wildman–Crippen LogP) is 1.51. The second-order valence-electron chi connectivity index (χ2n) is 8.83. The molecule has 8 nitrogen and oxygen atoms in total. The van der Waals surface area contributed by atoms with E-state index in [1.54, 1.807) is 24.7 Å². The topological polar surface area (TPSA) is 117 Å². The van der Waals surface area contributed by atoms with Crippen LogP contribution in [0.2, 0.25) is 0 Å². The summed E-state index contributed by atoms with van der Waals surface area (Å²) in [6.45, 7) is 1.93. The van der Waals surface area contributed by atoms with Crippen LogP contribution < -0.4 is 16.0 Å². The quantitative estimate of drug-likeness (QED) is 0.460. The van der Waals surface area contributed by atoms with Gasteiger partial charge in [0.15, 0.2) is 5.60 Å². The molecule has 0 radical (unpaired) electrons. The molecular formula is C24H23N3O5. The molecule has 1 unspecified atom stereocenters. The number of carbonyl (C=O) groups is 1. The van der Waals surface area contributed by atoms with E-state index in [4.69, 9.17) is 20.2 Å². The van der Waals surface area contributed by atoms with Crippen molar-refractivity contribution in [2.75, 3.05) is 7.11 Å². The number of hydrogen-bond acceptors (Lipinski definition) is 7. The molecule has 2 atom stereocenters. The lowest BCUT2D eigenvalue weighted by Gasteiger charge is -2.31. The molecule has 164 valence electrons. The fraction of sp³-hybridized carbons (Fsp3) is 0.375. The van der Waals surface area contributed by atoms with E-state index >= 15 is 0 Å². The Bertz CT molecular complexity index is 1410. The maximum Gasteiger partial charge on any atom is 0.343 e. The van der Waals surface area contributed by atoms with Crippen LogP contribution in [0.15, 0.2) is 23.0 Å². The van der Waals surface area contributed by atoms with Gasteiger partial charge in [0.05, 0.1) is 36.1 Å². The van der Waals surface area contributed by atoms with E-state index in [1.807, 2.05) is 12.1 Å². The third kappa shape index (κ3) is 2.31. The number of methoxy groups -OCH3 is 1. The number of carbonyl (C=O) groups excluding carboxylic acids is 1. The molecule has 0 saturated carbocycles. The third-order valence-corrected chi connectivity index (χ3v) is 7.19. The fourth-order valence-electron chi connectivity index (χ4n) is 5.54. The Labute approximate surface area is 183 Å². The SMILES string of the molecule is CC[C@@]1(O)C(=O)OCc2c1cc1n(c2=O)Cc2c-1nc1ccc(OC)c3c1c2CC(N)C3. The van der Waals surface area contributed by atoms with Gasteiger partial charge in [-0.1, -0.05) is 6.92 Å². The van der Waals surface area contributed by atoms with Crippen molar-refractivity contribution in [2.24, 2.45) is 5.73 Å². The van der Waals surface area contributed by atoms with Crippen LogP contribution >= 0.6 is 0 Å². The predicted molar refractivity (Wildman–Crippen MR) is 116 cm³/mol. The molecule has 1 aliphatic carbocycles. The van der Waals surface area contributed by atoms with Crippen LogP contribution in [0, 0.1) is 0 Å². The van der Waals surface area contributed by atoms with Crippen LogP contribution in [-0.4, -0.2) is 33.8 Å². The number of aromatic nitrogens is 2. The van der Waals surface area contributed by atoms with Gasteiger partial charge in [0.2, 0.25) is 0 Å². The van der Waals surface area contributed by atoms with Crippen LogP contribution in [0.25, 0.3) is 22.3 Å². The fourth-order valence-corrected chi connectivity index (χ4v) is 5.54. The molecule has 2 aliphatic heterocycles. The molecule has 3 aromatic rings. The van der Waals surface area contributed by atoms with E-state index in [2.05, 4.69) is 0 Å². The van der Waals surface area contributed by atoms with Gasteiger partial charge < -0.3 is 24.9 Å². The molecule has 8 heteroatoms. The average Bonchev–Trinajstić information content (AvgIpc) is 3.16. The summed E-state index contributed by atoms with van der Waals surface area (Å²) >= 11 is 0. The number of aliphatic hydroxyl groups is 1. The third-order valence-electron chi connectivity index (χ3n) is 7.19. The van der Waals surface area contributed by atoms with Gasteiger partial charge in [-0.05, 0) is 43.0 Å². The van der Waals surface area contributed by atoms with Crippen molar-refractivity contribution in [3.8, 4) is 17.1 Å². The number of nitrogens with zero attached hydrogens (tertiary/aromatic N) is 2. The summed E-state index contributed by atoms with van der Waals surface area (Å²) in [5.41, 5.74) is 10.2. The van der Waals surface area contributed by atoms with Gasteiger partial charge in [-0.25, -0.2) is 9.78 Å². The number of benzene rings is 1. The second-order valence-corrected chi connectivity index (χ2v) is 8.83. The highest BCUT2D eigenvalue weighted by Crippen LogP contribution is 2.43. The summed E-state index contributed by atoms with van der Waals surface area (Å²) in [7, 11) is 1.65. The molecule has 3 aliphatic rings. The number of cyclic esters (lactones) is 1. The monoisotopic (exact) mass is 433 g/mol. The molecule has 0 spiro atoms. The summed E-state index contributed by atoms with van der Waals surface area (Å²) < 4.78 is 12.4. The summed E-state index contributed by atoms with van der Waals surface area (Å²) in [4.78, 5) is 30.7. The first-order valence-corrected chi connectivity index (χ1v) is 10.8. The zero-order valence-electron chi connectivity index (χ0n) is 17.9. The van der Waals surface area contributed by atoms with Gasteiger partial charge in [-0.3, -0.25) is 4.79 Å². The molecule has 6 rings (SSSR count). The van der Waals surface area contributed by atoms with Crippen molar-refractivity contribution in [2.45, 2.75) is 51.0 Å². The minimum absolute atomic E-state index is 0.0571. The average molecular weight is 433 g/mol. The van der Waals surface area contributed by atoms with Gasteiger partial charge >= 0.3 is 5.97 Å². The molecule has 0 bridgehead atoms. The molecule has 0 saturated heterocycles. The van der Waals surface area contributed by atoms with Crippen molar-refractivity contribution >= 4 is 16.9 Å². The molecule has 1 aromatic carbocycles. The van der Waals surface area contributed by atoms with E-state index in [0.717, 1.165) is 33.3 Å². The zero-order chi connectivity index (χ0) is 22.4. The number of fused-ring (bicyclic) bond motifs is 5. The van der Waals surface area contributed by atoms with Crippen LogP contribution in [0.1, 0.15) is 41.2 Å². The molecular weight excluding hydrogens is 410 g/mol. The minimum atomic E-state index is -1.83. The summed E-state index contributed by atoms with van der Waals surface area (Å²) in [5.74, 6) is 0.0711. The molecule has 0 fully saturated rings. The number of ether oxygens (including phenoxy) is 2. The summed E-state index contributed by atoms with van der Waals surface area (Å²) in [5, 5.41) is 12.1. The van der Waals surface area contributed by atoms with Crippen LogP contribution in [-0.2, 0) is 41.1 Å². The largest absolute Gasteiger partial charge is 0.496 e. The Morgan fingerprint density at radius 2 is 2.03 bits per heavy atom. The standard InChI is InChI=1S/C24H23N3O5/c1-3-24(30)16-8-18-21-14(9-27(18)22(28)15(16)10-32-23(24)29)12-6-11(25)7-13-19(31-2)5-4-17(26-21)20(12)13/h4-5,8,11,30H,3,6-7,9-10,25H2,1-2H3/t11?,24-/m0/s1. The second kappa shape index (κ2) is 6.40. The number of hydrogen-bond donors (Lipinski definition) is 2. The lowest BCUT2D eigenvalue weighted by atomic mass is 9.84. The maximum atomic E-state index is 13.4. The smallest absolute Gasteiger partial charge is 0.343 e. The highest BCUT2D eigenvalue weighted by molar-refractivity contribution is 5.93. The number of esters is 1. The minimum Gasteiger partial charge on any atom is -0.496 e. The van der Waals surface area contributed by atoms with Crippen LogP contribution in [0.4, 0.5) is 0 Å². The number of rotatable bonds is 2. The first kappa shape index (κ1) is 19.5.